The van der Waals surface area contributed by atoms with Crippen LogP contribution in [0.4, 0.5) is 14.5 Å². The van der Waals surface area contributed by atoms with Crippen molar-refractivity contribution in [2.75, 3.05) is 5.73 Å². The second-order valence-electron chi connectivity index (χ2n) is 6.91. The Hall–Kier alpha value is -3.13. The summed E-state index contributed by atoms with van der Waals surface area (Å²) in [5.41, 5.74) is 8.04. The third-order valence-electron chi connectivity index (χ3n) is 4.94. The Morgan fingerprint density at radius 1 is 1.23 bits per heavy atom. The zero-order chi connectivity index (χ0) is 22.0. The largest absolute Gasteiger partial charge is 0.398 e. The van der Waals surface area contributed by atoms with Crippen molar-refractivity contribution in [3.8, 4) is 0 Å². The molecule has 0 radical (unpaired) electrons. The van der Waals surface area contributed by atoms with Crippen LogP contribution in [0.15, 0.2) is 52.3 Å². The van der Waals surface area contributed by atoms with Gasteiger partial charge in [0, 0.05) is 45.6 Å². The number of carbonyl (C=O) groups excluding carboxylic acids is 1. The van der Waals surface area contributed by atoms with Gasteiger partial charge in [0.25, 0.3) is 5.91 Å². The number of nitrogens with two attached hydrogens (primary N) is 1. The molecule has 1 atom stereocenters. The van der Waals surface area contributed by atoms with Crippen molar-refractivity contribution < 1.29 is 13.6 Å². The maximum absolute atomic E-state index is 14.0. The highest BCUT2D eigenvalue weighted by atomic mass is 32.2. The minimum absolute atomic E-state index is 0.174. The van der Waals surface area contributed by atoms with E-state index in [1.807, 2.05) is 19.1 Å². The third kappa shape index (κ3) is 4.23. The fraction of sp³-hybridized carbons (Fsp3) is 0.182. The molecule has 0 aliphatic heterocycles. The zero-order valence-electron chi connectivity index (χ0n) is 16.8. The number of halogens is 2. The van der Waals surface area contributed by atoms with E-state index in [0.717, 1.165) is 27.6 Å². The molecule has 5 nitrogen and oxygen atoms in total. The molecule has 0 aliphatic rings. The van der Waals surface area contributed by atoms with E-state index in [1.54, 1.807) is 23.7 Å². The molecule has 1 heterocycles. The number of hydrogen-bond donors (Lipinski definition) is 3. The van der Waals surface area contributed by atoms with Crippen molar-refractivity contribution in [1.82, 2.24) is 9.88 Å². The van der Waals surface area contributed by atoms with Gasteiger partial charge >= 0.3 is 0 Å². The van der Waals surface area contributed by atoms with Gasteiger partial charge in [-0.3, -0.25) is 4.79 Å². The monoisotopic (exact) mass is 428 g/mol. The van der Waals surface area contributed by atoms with Gasteiger partial charge in [-0.1, -0.05) is 17.8 Å². The molecule has 4 N–H and O–H groups in total. The van der Waals surface area contributed by atoms with Gasteiger partial charge in [0.05, 0.1) is 6.04 Å². The normalized spacial score (nSPS) is 11.9. The number of aromatic nitrogens is 1. The molecule has 0 bridgehead atoms. The first-order chi connectivity index (χ1) is 14.2. The Labute approximate surface area is 177 Å². The molecule has 8 heteroatoms. The van der Waals surface area contributed by atoms with Crippen molar-refractivity contribution >= 4 is 29.6 Å². The minimum atomic E-state index is -0.836. The highest BCUT2D eigenvalue weighted by molar-refractivity contribution is 7.99. The van der Waals surface area contributed by atoms with Gasteiger partial charge in [0.2, 0.25) is 0 Å². The van der Waals surface area contributed by atoms with E-state index in [2.05, 4.69) is 5.32 Å². The summed E-state index contributed by atoms with van der Waals surface area (Å²) in [6, 6.07) is 9.91. The van der Waals surface area contributed by atoms with Crippen LogP contribution in [-0.2, 0) is 7.05 Å². The Morgan fingerprint density at radius 3 is 2.53 bits per heavy atom. The van der Waals surface area contributed by atoms with Gasteiger partial charge in [-0.05, 0) is 50.2 Å². The maximum atomic E-state index is 14.0. The molecule has 1 aromatic heterocycles. The summed E-state index contributed by atoms with van der Waals surface area (Å²) in [6.45, 7) is 3.42. The van der Waals surface area contributed by atoms with Crippen LogP contribution < -0.4 is 11.1 Å². The van der Waals surface area contributed by atoms with E-state index >= 15 is 0 Å². The van der Waals surface area contributed by atoms with E-state index in [9.17, 15) is 13.6 Å². The number of rotatable bonds is 6. The van der Waals surface area contributed by atoms with Crippen molar-refractivity contribution in [1.29, 1.82) is 5.41 Å². The molecule has 0 saturated carbocycles. The van der Waals surface area contributed by atoms with Crippen LogP contribution in [0.1, 0.15) is 40.3 Å². The first-order valence-electron chi connectivity index (χ1n) is 9.21. The second kappa shape index (κ2) is 8.71. The average molecular weight is 429 g/mol. The summed E-state index contributed by atoms with van der Waals surface area (Å²) in [5.74, 6) is -1.83. The number of hydrogen-bond acceptors (Lipinski definition) is 4. The molecule has 0 saturated heterocycles. The van der Waals surface area contributed by atoms with Crippen LogP contribution in [0.3, 0.4) is 0 Å². The van der Waals surface area contributed by atoms with Gasteiger partial charge in [-0.2, -0.15) is 0 Å². The summed E-state index contributed by atoms with van der Waals surface area (Å²) < 4.78 is 29.8. The Kier molecular flexibility index (Phi) is 6.26. The quantitative estimate of drug-likeness (QED) is 0.388. The summed E-state index contributed by atoms with van der Waals surface area (Å²) in [4.78, 5) is 14.5. The number of nitrogens with one attached hydrogen (secondary N) is 2. The molecule has 2 aromatic carbocycles. The van der Waals surface area contributed by atoms with Crippen LogP contribution >= 0.6 is 11.8 Å². The predicted octanol–water partition coefficient (Wildman–Crippen LogP) is 4.83. The number of anilines is 1. The zero-order valence-corrected chi connectivity index (χ0v) is 17.6. The molecule has 156 valence electrons. The molecule has 1 unspecified atom stereocenters. The van der Waals surface area contributed by atoms with E-state index in [-0.39, 0.29) is 5.56 Å². The topological polar surface area (TPSA) is 83.9 Å². The van der Waals surface area contributed by atoms with Crippen molar-refractivity contribution in [2.24, 2.45) is 7.05 Å². The number of amides is 1. The Bertz CT molecular complexity index is 1110. The smallest absolute Gasteiger partial charge is 0.268 e. The fourth-order valence-corrected chi connectivity index (χ4v) is 4.16. The number of nitrogen functional groups attached to an aromatic ring is 1. The van der Waals surface area contributed by atoms with Crippen molar-refractivity contribution in [2.45, 2.75) is 29.7 Å². The molecule has 0 spiro atoms. The highest BCUT2D eigenvalue weighted by Crippen LogP contribution is 2.33. The fourth-order valence-electron chi connectivity index (χ4n) is 3.13. The molecular weight excluding hydrogens is 406 g/mol. The van der Waals surface area contributed by atoms with Crippen LogP contribution in [0.25, 0.3) is 0 Å². The van der Waals surface area contributed by atoms with Gasteiger partial charge in [0.1, 0.15) is 17.3 Å². The lowest BCUT2D eigenvalue weighted by Gasteiger charge is -2.16. The van der Waals surface area contributed by atoms with Crippen molar-refractivity contribution in [3.63, 3.8) is 0 Å². The molecule has 0 aliphatic carbocycles. The van der Waals surface area contributed by atoms with Crippen LogP contribution in [0.5, 0.6) is 0 Å². The second-order valence-corrected chi connectivity index (χ2v) is 8.02. The molecule has 3 aromatic rings. The van der Waals surface area contributed by atoms with Crippen LogP contribution in [0.2, 0.25) is 0 Å². The molecule has 1 amide bonds. The number of benzene rings is 2. The Morgan fingerprint density at radius 2 is 1.90 bits per heavy atom. The lowest BCUT2D eigenvalue weighted by atomic mass is 10.1. The highest BCUT2D eigenvalue weighted by Gasteiger charge is 2.22. The van der Waals surface area contributed by atoms with Gasteiger partial charge in [-0.25, -0.2) is 8.78 Å². The minimum Gasteiger partial charge on any atom is -0.398 e. The average Bonchev–Trinajstić information content (AvgIpc) is 2.97. The number of nitrogens with zero attached hydrogens (tertiary/aromatic N) is 1. The van der Waals surface area contributed by atoms with E-state index in [4.69, 9.17) is 11.1 Å². The van der Waals surface area contributed by atoms with Gasteiger partial charge < -0.3 is 21.0 Å². The standard InChI is InChI=1S/C22H22F2N4OS/c1-12(21-16(23)5-4-6-17(21)24)27-22(29)19-10-20(13(2)28(19)3)30-15-7-8-18(26)14(9-15)11-25/h4-12,25H,26H2,1-3H3,(H,27,29). The van der Waals surface area contributed by atoms with Crippen LogP contribution in [-0.4, -0.2) is 16.7 Å². The lowest BCUT2D eigenvalue weighted by molar-refractivity contribution is 0.0930. The van der Waals surface area contributed by atoms with Gasteiger partial charge in [-0.15, -0.1) is 0 Å². The predicted molar refractivity (Wildman–Crippen MR) is 115 cm³/mol. The molecule has 0 fully saturated rings. The first-order valence-corrected chi connectivity index (χ1v) is 10.0. The Balaban J connectivity index is 1.84. The summed E-state index contributed by atoms with van der Waals surface area (Å²) in [5, 5.41) is 10.1. The number of carbonyl (C=O) groups is 1. The van der Waals surface area contributed by atoms with Gasteiger partial charge in [0.15, 0.2) is 0 Å². The lowest BCUT2D eigenvalue weighted by Crippen LogP contribution is -2.29. The molecule has 30 heavy (non-hydrogen) atoms. The third-order valence-corrected chi connectivity index (χ3v) is 6.07. The molecular formula is C22H22F2N4OS. The summed E-state index contributed by atoms with van der Waals surface area (Å²) >= 11 is 1.45. The maximum Gasteiger partial charge on any atom is 0.268 e. The van der Waals surface area contributed by atoms with E-state index in [1.165, 1.54) is 31.0 Å². The van der Waals surface area contributed by atoms with E-state index in [0.29, 0.717) is 16.9 Å². The summed E-state index contributed by atoms with van der Waals surface area (Å²) in [7, 11) is 1.76. The first kappa shape index (κ1) is 21.6. The SMILES string of the molecule is Cc1c(Sc2ccc(N)c(C=N)c2)cc(C(=O)NC(C)c2c(F)cccc2F)n1C. The van der Waals surface area contributed by atoms with E-state index < -0.39 is 23.6 Å². The summed E-state index contributed by atoms with van der Waals surface area (Å²) in [6.07, 6.45) is 1.19. The molecule has 3 rings (SSSR count). The van der Waals surface area contributed by atoms with Crippen LogP contribution in [0, 0.1) is 24.0 Å². The van der Waals surface area contributed by atoms with Crippen molar-refractivity contribution in [3.05, 3.63) is 76.6 Å².